The second-order valence-electron chi connectivity index (χ2n) is 13.1. The molecule has 0 unspecified atom stereocenters. The van der Waals surface area contributed by atoms with Crippen molar-refractivity contribution in [2.45, 2.75) is 103 Å². The van der Waals surface area contributed by atoms with Crippen LogP contribution in [-0.2, 0) is 28.7 Å². The van der Waals surface area contributed by atoms with Crippen LogP contribution >= 0.6 is 0 Å². The largest absolute Gasteiger partial charge is 0.455 e. The fraction of sp³-hybridized carbons (Fsp3) is 0.667. The second kappa shape index (κ2) is 12.0. The van der Waals surface area contributed by atoms with Gasteiger partial charge in [-0.1, -0.05) is 64.8 Å². The Labute approximate surface area is 253 Å². The smallest absolute Gasteiger partial charge is 0.330 e. The zero-order chi connectivity index (χ0) is 32.0. The molecule has 0 saturated heterocycles. The van der Waals surface area contributed by atoms with Gasteiger partial charge in [0.05, 0.1) is 12.2 Å². The number of carbonyl (C=O) groups is 3. The van der Waals surface area contributed by atoms with Crippen LogP contribution in [0.25, 0.3) is 0 Å². The van der Waals surface area contributed by atoms with Gasteiger partial charge in [0.25, 0.3) is 0 Å². The van der Waals surface area contributed by atoms with Crippen LogP contribution in [0.5, 0.6) is 0 Å². The molecule has 0 aliphatic heterocycles. The molecule has 4 aliphatic carbocycles. The number of aliphatic hydroxyl groups is 3. The first-order chi connectivity index (χ1) is 20.2. The fourth-order valence-electron chi connectivity index (χ4n) is 8.34. The molecule has 0 aromatic carbocycles. The van der Waals surface area contributed by atoms with Crippen LogP contribution in [0.4, 0.5) is 0 Å². The molecular formula is C33H46O10. The van der Waals surface area contributed by atoms with E-state index in [9.17, 15) is 35.0 Å². The van der Waals surface area contributed by atoms with E-state index in [1.807, 2.05) is 0 Å². The highest BCUT2D eigenvalue weighted by Gasteiger charge is 2.89. The summed E-state index contributed by atoms with van der Waals surface area (Å²) in [4.78, 5) is 43.9. The number of hydrogen-bond acceptors (Lipinski definition) is 10. The van der Waals surface area contributed by atoms with Gasteiger partial charge in [-0.25, -0.2) is 9.68 Å². The van der Waals surface area contributed by atoms with Gasteiger partial charge >= 0.3 is 11.9 Å². The first kappa shape index (κ1) is 33.3. The van der Waals surface area contributed by atoms with Crippen molar-refractivity contribution in [1.82, 2.24) is 0 Å². The lowest BCUT2D eigenvalue weighted by Gasteiger charge is -2.54. The summed E-state index contributed by atoms with van der Waals surface area (Å²) >= 11 is 0. The highest BCUT2D eigenvalue weighted by molar-refractivity contribution is 6.06. The van der Waals surface area contributed by atoms with Crippen LogP contribution in [0.2, 0.25) is 0 Å². The molecule has 10 heteroatoms. The Kier molecular flexibility index (Phi) is 9.32. The Bertz CT molecular complexity index is 1250. The minimum atomic E-state index is -2.25. The molecule has 4 aliphatic rings. The van der Waals surface area contributed by atoms with Crippen LogP contribution in [-0.4, -0.2) is 73.9 Å². The standard InChI is InChI=1S/C33H46O10/c1-7-8-9-10-11-12-13-14-15-24(36)41-29-20(3)32(39)23-16-19(2)28(37)31(23,38)17-22(18-34)26(43-40)25(32)27-30(5,6)33(27,29)42-21(4)35/h10-11,14-17,20,23,25-27,29,34,38-40H,7-9,12-13,18H2,1-6H3/b11-10+,15-14+/t20-,23-,25+,26+,27-,29-,31-,32+,33-/m1/s1. The summed E-state index contributed by atoms with van der Waals surface area (Å²) in [5.74, 6) is -6.10. The van der Waals surface area contributed by atoms with Crippen molar-refractivity contribution in [2.75, 3.05) is 6.61 Å². The van der Waals surface area contributed by atoms with E-state index in [-0.39, 0.29) is 11.1 Å². The van der Waals surface area contributed by atoms with E-state index in [0.717, 1.165) is 31.8 Å². The van der Waals surface area contributed by atoms with Gasteiger partial charge < -0.3 is 24.8 Å². The van der Waals surface area contributed by atoms with Crippen LogP contribution in [0.1, 0.15) is 73.6 Å². The van der Waals surface area contributed by atoms with Crippen molar-refractivity contribution in [3.05, 3.63) is 47.6 Å². The Morgan fingerprint density at radius 1 is 1.09 bits per heavy atom. The zero-order valence-corrected chi connectivity index (χ0v) is 25.9. The number of esters is 2. The van der Waals surface area contributed by atoms with Gasteiger partial charge in [0.15, 0.2) is 17.0 Å². The van der Waals surface area contributed by atoms with Crippen molar-refractivity contribution in [1.29, 1.82) is 0 Å². The molecule has 238 valence electrons. The van der Waals surface area contributed by atoms with Gasteiger partial charge in [-0.15, -0.1) is 0 Å². The first-order valence-corrected chi connectivity index (χ1v) is 15.2. The summed E-state index contributed by atoms with van der Waals surface area (Å²) in [7, 11) is 0. The molecule has 0 amide bonds. The number of allylic oxidation sites excluding steroid dienone is 3. The van der Waals surface area contributed by atoms with Crippen molar-refractivity contribution in [3.63, 3.8) is 0 Å². The average Bonchev–Trinajstić information content (AvgIpc) is 3.35. The predicted octanol–water partition coefficient (Wildman–Crippen LogP) is 3.60. The van der Waals surface area contributed by atoms with E-state index in [2.05, 4.69) is 19.1 Å². The summed E-state index contributed by atoms with van der Waals surface area (Å²) in [5.41, 5.74) is -6.40. The van der Waals surface area contributed by atoms with E-state index in [1.165, 1.54) is 26.0 Å². The van der Waals surface area contributed by atoms with Crippen molar-refractivity contribution in [3.8, 4) is 0 Å². The molecule has 2 saturated carbocycles. The molecule has 10 nitrogen and oxygen atoms in total. The van der Waals surface area contributed by atoms with Crippen molar-refractivity contribution in [2.24, 2.45) is 29.1 Å². The zero-order valence-electron chi connectivity index (χ0n) is 25.9. The van der Waals surface area contributed by atoms with Crippen LogP contribution in [0, 0.1) is 29.1 Å². The third-order valence-electron chi connectivity index (χ3n) is 10.4. The lowest BCUT2D eigenvalue weighted by atomic mass is 9.58. The van der Waals surface area contributed by atoms with Gasteiger partial charge in [0.2, 0.25) is 0 Å². The van der Waals surface area contributed by atoms with Gasteiger partial charge in [-0.2, -0.15) is 0 Å². The molecule has 0 bridgehead atoms. The number of carbonyl (C=O) groups excluding carboxylic acids is 3. The van der Waals surface area contributed by atoms with Gasteiger partial charge in [-0.05, 0) is 43.4 Å². The molecule has 43 heavy (non-hydrogen) atoms. The number of unbranched alkanes of at least 4 members (excludes halogenated alkanes) is 3. The van der Waals surface area contributed by atoms with E-state index in [1.54, 1.807) is 26.8 Å². The maximum atomic E-state index is 13.3. The third-order valence-corrected chi connectivity index (χ3v) is 10.4. The van der Waals surface area contributed by atoms with Crippen molar-refractivity contribution >= 4 is 17.7 Å². The topological polar surface area (TPSA) is 160 Å². The number of ether oxygens (including phenoxy) is 2. The monoisotopic (exact) mass is 602 g/mol. The Morgan fingerprint density at radius 2 is 1.74 bits per heavy atom. The number of rotatable bonds is 11. The minimum absolute atomic E-state index is 0.00104. The molecular weight excluding hydrogens is 556 g/mol. The van der Waals surface area contributed by atoms with Crippen molar-refractivity contribution < 1.29 is 49.3 Å². The van der Waals surface area contributed by atoms with Gasteiger partial charge in [-0.3, -0.25) is 14.8 Å². The van der Waals surface area contributed by atoms with E-state index in [0.29, 0.717) is 6.42 Å². The molecule has 0 heterocycles. The molecule has 0 radical (unpaired) electrons. The summed E-state index contributed by atoms with van der Waals surface area (Å²) in [6.45, 7) is 9.43. The lowest BCUT2D eigenvalue weighted by molar-refractivity contribution is -0.313. The van der Waals surface area contributed by atoms with E-state index in [4.69, 9.17) is 14.4 Å². The molecule has 0 spiro atoms. The van der Waals surface area contributed by atoms with Gasteiger partial charge in [0.1, 0.15) is 12.2 Å². The number of aliphatic hydroxyl groups excluding tert-OH is 1. The molecule has 4 rings (SSSR count). The normalized spacial score (nSPS) is 39.4. The van der Waals surface area contributed by atoms with Crippen LogP contribution in [0.3, 0.4) is 0 Å². The minimum Gasteiger partial charge on any atom is -0.455 e. The number of Topliss-reactive ketones (excluding diaryl/α,β-unsaturated/α-hetero) is 1. The van der Waals surface area contributed by atoms with Crippen LogP contribution < -0.4 is 0 Å². The SMILES string of the molecule is CCCC/C=C/CC/C=C/C(=O)O[C@@H]1[C@@H](C)[C@@]2(O)[C@H]([C@@H]3C(C)(C)[C@]13OC(C)=O)[C@@H](OO)C(CO)=C[C@]1(O)C(=O)C(C)=C[C@@H]21. The molecule has 4 N–H and O–H groups in total. The average molecular weight is 603 g/mol. The Morgan fingerprint density at radius 3 is 2.35 bits per heavy atom. The maximum Gasteiger partial charge on any atom is 0.330 e. The summed E-state index contributed by atoms with van der Waals surface area (Å²) in [5, 5.41) is 45.1. The molecule has 9 atom stereocenters. The van der Waals surface area contributed by atoms with Gasteiger partial charge in [0, 0.05) is 42.1 Å². The third kappa shape index (κ3) is 5.05. The highest BCUT2D eigenvalue weighted by atomic mass is 17.1. The predicted molar refractivity (Wildman–Crippen MR) is 156 cm³/mol. The quantitative estimate of drug-likeness (QED) is 0.0687. The Hall–Kier alpha value is -2.63. The molecule has 2 fully saturated rings. The number of fused-ring (bicyclic) bond motifs is 5. The Balaban J connectivity index is 1.76. The van der Waals surface area contributed by atoms with E-state index >= 15 is 0 Å². The lowest BCUT2D eigenvalue weighted by Crippen LogP contribution is -2.68. The summed E-state index contributed by atoms with van der Waals surface area (Å²) in [6, 6.07) is 0. The fourth-order valence-corrected chi connectivity index (χ4v) is 8.34. The number of hydrogen-bond donors (Lipinski definition) is 4. The highest BCUT2D eigenvalue weighted by Crippen LogP contribution is 2.77. The summed E-state index contributed by atoms with van der Waals surface area (Å²) < 4.78 is 12.0. The summed E-state index contributed by atoms with van der Waals surface area (Å²) in [6.07, 6.45) is 11.9. The molecule has 0 aromatic heterocycles. The maximum absolute atomic E-state index is 13.3. The number of ketones is 1. The van der Waals surface area contributed by atoms with E-state index < -0.39 is 82.4 Å². The van der Waals surface area contributed by atoms with Crippen LogP contribution in [0.15, 0.2) is 47.6 Å². The molecule has 0 aromatic rings. The second-order valence-corrected chi connectivity index (χ2v) is 13.1. The first-order valence-electron chi connectivity index (χ1n) is 15.2.